The van der Waals surface area contributed by atoms with E-state index in [-0.39, 0.29) is 0 Å². The van der Waals surface area contributed by atoms with Crippen molar-refractivity contribution < 1.29 is 5.11 Å². The van der Waals surface area contributed by atoms with E-state index < -0.39 is 6.10 Å². The zero-order valence-electron chi connectivity index (χ0n) is 11.2. The second-order valence-corrected chi connectivity index (χ2v) is 5.96. The highest BCUT2D eigenvalue weighted by Gasteiger charge is 2.22. The van der Waals surface area contributed by atoms with Crippen LogP contribution < -0.4 is 4.90 Å². The lowest BCUT2D eigenvalue weighted by molar-refractivity contribution is 0.198. The van der Waals surface area contributed by atoms with Crippen LogP contribution in [0.3, 0.4) is 0 Å². The average molecular weight is 312 g/mol. The van der Waals surface area contributed by atoms with E-state index in [2.05, 4.69) is 39.9 Å². The van der Waals surface area contributed by atoms with Crippen LogP contribution in [-0.4, -0.2) is 17.7 Å². The first kappa shape index (κ1) is 13.9. The summed E-state index contributed by atoms with van der Waals surface area (Å²) >= 11 is 3.57. The first-order chi connectivity index (χ1) is 8.63. The molecule has 1 aromatic rings. The molecule has 18 heavy (non-hydrogen) atoms. The predicted molar refractivity (Wildman–Crippen MR) is 80.1 cm³/mol. The van der Waals surface area contributed by atoms with Gasteiger partial charge in [0.05, 0.1) is 6.10 Å². The van der Waals surface area contributed by atoms with Gasteiger partial charge in [-0.25, -0.2) is 0 Å². The van der Waals surface area contributed by atoms with Gasteiger partial charge in [0.15, 0.2) is 0 Å². The van der Waals surface area contributed by atoms with E-state index in [1.54, 1.807) is 6.92 Å². The van der Waals surface area contributed by atoms with E-state index in [9.17, 15) is 5.11 Å². The molecule has 1 atom stereocenters. The van der Waals surface area contributed by atoms with Crippen molar-refractivity contribution in [3.05, 3.63) is 28.2 Å². The molecule has 1 aromatic carbocycles. The summed E-state index contributed by atoms with van der Waals surface area (Å²) in [5.41, 5.74) is 2.22. The summed E-state index contributed by atoms with van der Waals surface area (Å²) in [7, 11) is 0. The summed E-state index contributed by atoms with van der Waals surface area (Å²) in [6.07, 6.45) is 4.91. The van der Waals surface area contributed by atoms with Gasteiger partial charge < -0.3 is 10.0 Å². The second-order valence-electron chi connectivity index (χ2n) is 5.11. The number of nitrogens with zero attached hydrogens (tertiary/aromatic N) is 1. The van der Waals surface area contributed by atoms with E-state index in [1.807, 2.05) is 6.07 Å². The van der Waals surface area contributed by atoms with Crippen LogP contribution in [0.4, 0.5) is 5.69 Å². The van der Waals surface area contributed by atoms with Gasteiger partial charge in [0.25, 0.3) is 0 Å². The smallest absolute Gasteiger partial charge is 0.0772 e. The van der Waals surface area contributed by atoms with Crippen molar-refractivity contribution >= 4 is 21.6 Å². The summed E-state index contributed by atoms with van der Waals surface area (Å²) in [5, 5.41) is 9.66. The van der Waals surface area contributed by atoms with Crippen molar-refractivity contribution in [2.75, 3.05) is 11.4 Å². The summed E-state index contributed by atoms with van der Waals surface area (Å²) < 4.78 is 1.01. The lowest BCUT2D eigenvalue weighted by atomic mass is 10.1. The minimum atomic E-state index is -0.421. The summed E-state index contributed by atoms with van der Waals surface area (Å²) in [5.74, 6) is 0. The van der Waals surface area contributed by atoms with Crippen LogP contribution in [0.1, 0.15) is 51.2 Å². The third-order valence-corrected chi connectivity index (χ3v) is 4.56. The van der Waals surface area contributed by atoms with E-state index in [1.165, 1.54) is 31.4 Å². The van der Waals surface area contributed by atoms with Gasteiger partial charge in [-0.2, -0.15) is 0 Å². The number of halogens is 1. The third-order valence-electron chi connectivity index (χ3n) is 3.87. The predicted octanol–water partition coefficient (Wildman–Crippen LogP) is 4.27. The Morgan fingerprint density at radius 1 is 1.39 bits per heavy atom. The van der Waals surface area contributed by atoms with E-state index in [0.29, 0.717) is 6.04 Å². The van der Waals surface area contributed by atoms with E-state index in [4.69, 9.17) is 0 Å². The van der Waals surface area contributed by atoms with E-state index in [0.717, 1.165) is 16.6 Å². The molecule has 2 rings (SSSR count). The average Bonchev–Trinajstić information content (AvgIpc) is 2.83. The molecule has 0 aliphatic heterocycles. The van der Waals surface area contributed by atoms with Crippen molar-refractivity contribution in [1.82, 2.24) is 0 Å². The molecule has 0 spiro atoms. The molecule has 1 aliphatic carbocycles. The van der Waals surface area contributed by atoms with Gasteiger partial charge >= 0.3 is 0 Å². The SMILES string of the molecule is CCN(c1ccc(C(C)O)c(Br)c1)C1CCCC1. The first-order valence-corrected chi connectivity index (χ1v) is 7.67. The highest BCUT2D eigenvalue weighted by atomic mass is 79.9. The minimum Gasteiger partial charge on any atom is -0.389 e. The number of hydrogen-bond donors (Lipinski definition) is 1. The Hall–Kier alpha value is -0.540. The summed E-state index contributed by atoms with van der Waals surface area (Å²) in [6, 6.07) is 7.00. The Bertz CT molecular complexity index is 399. The molecular weight excluding hydrogens is 290 g/mol. The molecule has 0 aromatic heterocycles. The lowest BCUT2D eigenvalue weighted by Gasteiger charge is -2.30. The van der Waals surface area contributed by atoms with Crippen LogP contribution in [0.15, 0.2) is 22.7 Å². The van der Waals surface area contributed by atoms with Gasteiger partial charge in [-0.3, -0.25) is 0 Å². The summed E-state index contributed by atoms with van der Waals surface area (Å²) in [4.78, 5) is 2.49. The highest BCUT2D eigenvalue weighted by Crippen LogP contribution is 2.32. The number of aliphatic hydroxyl groups excluding tert-OH is 1. The van der Waals surface area contributed by atoms with Crippen molar-refractivity contribution in [2.45, 2.75) is 51.7 Å². The van der Waals surface area contributed by atoms with Gasteiger partial charge in [0, 0.05) is 22.7 Å². The topological polar surface area (TPSA) is 23.5 Å². The van der Waals surface area contributed by atoms with Crippen LogP contribution in [0, 0.1) is 0 Å². The van der Waals surface area contributed by atoms with Gasteiger partial charge in [0.2, 0.25) is 0 Å². The van der Waals surface area contributed by atoms with Gasteiger partial charge in [0.1, 0.15) is 0 Å². The van der Waals surface area contributed by atoms with Gasteiger partial charge in [-0.1, -0.05) is 34.8 Å². The molecule has 0 radical (unpaired) electrons. The zero-order valence-corrected chi connectivity index (χ0v) is 12.8. The van der Waals surface area contributed by atoms with Crippen LogP contribution in [0.25, 0.3) is 0 Å². The van der Waals surface area contributed by atoms with Crippen molar-refractivity contribution in [2.24, 2.45) is 0 Å². The van der Waals surface area contributed by atoms with Crippen molar-refractivity contribution in [3.8, 4) is 0 Å². The fraction of sp³-hybridized carbons (Fsp3) is 0.600. The molecule has 1 aliphatic rings. The van der Waals surface area contributed by atoms with Crippen LogP contribution in [0.5, 0.6) is 0 Å². The minimum absolute atomic E-state index is 0.421. The molecule has 3 heteroatoms. The Balaban J connectivity index is 2.23. The molecule has 0 heterocycles. The Morgan fingerprint density at radius 3 is 2.56 bits per heavy atom. The normalized spacial score (nSPS) is 18.0. The molecule has 1 saturated carbocycles. The largest absolute Gasteiger partial charge is 0.389 e. The summed E-state index contributed by atoms with van der Waals surface area (Å²) in [6.45, 7) is 5.06. The molecule has 1 unspecified atom stereocenters. The van der Waals surface area contributed by atoms with Crippen molar-refractivity contribution in [1.29, 1.82) is 0 Å². The van der Waals surface area contributed by atoms with E-state index >= 15 is 0 Å². The zero-order chi connectivity index (χ0) is 13.1. The first-order valence-electron chi connectivity index (χ1n) is 6.87. The number of aliphatic hydroxyl groups is 1. The standard InChI is InChI=1S/C15H22BrNO/c1-3-17(12-6-4-5-7-12)13-8-9-14(11(2)18)15(16)10-13/h8-12,18H,3-7H2,1-2H3. The Kier molecular flexibility index (Phi) is 4.68. The van der Waals surface area contributed by atoms with Crippen molar-refractivity contribution in [3.63, 3.8) is 0 Å². The molecule has 100 valence electrons. The molecular formula is C15H22BrNO. The van der Waals surface area contributed by atoms with Crippen LogP contribution in [0.2, 0.25) is 0 Å². The number of hydrogen-bond acceptors (Lipinski definition) is 2. The maximum Gasteiger partial charge on any atom is 0.0772 e. The molecule has 1 fully saturated rings. The van der Waals surface area contributed by atoms with Crippen LogP contribution >= 0.6 is 15.9 Å². The Labute approximate surface area is 118 Å². The maximum atomic E-state index is 9.66. The number of anilines is 1. The Morgan fingerprint density at radius 2 is 2.06 bits per heavy atom. The molecule has 0 bridgehead atoms. The molecule has 0 saturated heterocycles. The molecule has 0 amide bonds. The van der Waals surface area contributed by atoms with Gasteiger partial charge in [-0.05, 0) is 44.4 Å². The molecule has 1 N–H and O–H groups in total. The maximum absolute atomic E-state index is 9.66. The van der Waals surface area contributed by atoms with Gasteiger partial charge in [-0.15, -0.1) is 0 Å². The fourth-order valence-corrected chi connectivity index (χ4v) is 3.60. The van der Waals surface area contributed by atoms with Crippen LogP contribution in [-0.2, 0) is 0 Å². The third kappa shape index (κ3) is 2.89. The number of benzene rings is 1. The lowest BCUT2D eigenvalue weighted by Crippen LogP contribution is -2.32. The highest BCUT2D eigenvalue weighted by molar-refractivity contribution is 9.10. The second kappa shape index (κ2) is 6.07. The monoisotopic (exact) mass is 311 g/mol. The fourth-order valence-electron chi connectivity index (χ4n) is 2.90. The molecule has 2 nitrogen and oxygen atoms in total. The number of rotatable bonds is 4. The quantitative estimate of drug-likeness (QED) is 0.897.